The second-order valence-corrected chi connectivity index (χ2v) is 7.12. The molecule has 1 unspecified atom stereocenters. The first-order valence-electron chi connectivity index (χ1n) is 9.31. The molecule has 2 aliphatic heterocycles. The van der Waals surface area contributed by atoms with Crippen LogP contribution in [-0.4, -0.2) is 40.1 Å². The SMILES string of the molecule is Cc1nn(C)c(C)c1CN(Cc1cccc2c1OCO2)C(=O)C1CCCO1. The van der Waals surface area contributed by atoms with E-state index in [1.54, 1.807) is 0 Å². The molecule has 1 aromatic heterocycles. The van der Waals surface area contributed by atoms with E-state index in [1.807, 2.05) is 48.7 Å². The molecule has 0 aliphatic carbocycles. The summed E-state index contributed by atoms with van der Waals surface area (Å²) in [7, 11) is 1.92. The summed E-state index contributed by atoms with van der Waals surface area (Å²) in [6.45, 7) is 5.81. The van der Waals surface area contributed by atoms with Crippen LogP contribution >= 0.6 is 0 Å². The Balaban J connectivity index is 1.64. The maximum Gasteiger partial charge on any atom is 0.252 e. The van der Waals surface area contributed by atoms with Gasteiger partial charge in [-0.25, -0.2) is 0 Å². The van der Waals surface area contributed by atoms with Crippen LogP contribution in [0, 0.1) is 13.8 Å². The fourth-order valence-electron chi connectivity index (χ4n) is 3.75. The number of carbonyl (C=O) groups is 1. The number of fused-ring (bicyclic) bond motifs is 1. The highest BCUT2D eigenvalue weighted by atomic mass is 16.7. The molecule has 1 amide bonds. The van der Waals surface area contributed by atoms with Crippen molar-refractivity contribution in [2.24, 2.45) is 7.05 Å². The molecule has 0 saturated carbocycles. The molecule has 0 radical (unpaired) electrons. The van der Waals surface area contributed by atoms with E-state index >= 15 is 0 Å². The fourth-order valence-corrected chi connectivity index (χ4v) is 3.75. The number of amides is 1. The van der Waals surface area contributed by atoms with E-state index in [1.165, 1.54) is 0 Å². The molecular weight excluding hydrogens is 346 g/mol. The van der Waals surface area contributed by atoms with E-state index in [0.29, 0.717) is 19.7 Å². The Morgan fingerprint density at radius 3 is 2.85 bits per heavy atom. The lowest BCUT2D eigenvalue weighted by Gasteiger charge is -2.26. The van der Waals surface area contributed by atoms with Crippen molar-refractivity contribution in [3.63, 3.8) is 0 Å². The quantitative estimate of drug-likeness (QED) is 0.808. The monoisotopic (exact) mass is 371 g/mol. The summed E-state index contributed by atoms with van der Waals surface area (Å²) in [6, 6.07) is 5.79. The van der Waals surface area contributed by atoms with Gasteiger partial charge in [0.15, 0.2) is 11.5 Å². The third-order valence-electron chi connectivity index (χ3n) is 5.36. The first-order valence-corrected chi connectivity index (χ1v) is 9.31. The number of hydrogen-bond donors (Lipinski definition) is 0. The molecular formula is C20H25N3O4. The second kappa shape index (κ2) is 7.23. The molecule has 3 heterocycles. The predicted molar refractivity (Wildman–Crippen MR) is 98.5 cm³/mol. The van der Waals surface area contributed by atoms with Crippen LogP contribution in [0.25, 0.3) is 0 Å². The van der Waals surface area contributed by atoms with Crippen molar-refractivity contribution in [1.82, 2.24) is 14.7 Å². The zero-order valence-corrected chi connectivity index (χ0v) is 16.0. The number of para-hydroxylation sites is 1. The van der Waals surface area contributed by atoms with Crippen molar-refractivity contribution in [2.75, 3.05) is 13.4 Å². The van der Waals surface area contributed by atoms with Crippen LogP contribution in [0.15, 0.2) is 18.2 Å². The van der Waals surface area contributed by atoms with Crippen LogP contribution < -0.4 is 9.47 Å². The Morgan fingerprint density at radius 1 is 1.30 bits per heavy atom. The third kappa shape index (κ3) is 3.39. The van der Waals surface area contributed by atoms with Crippen molar-refractivity contribution >= 4 is 5.91 Å². The van der Waals surface area contributed by atoms with Gasteiger partial charge in [0, 0.05) is 43.6 Å². The third-order valence-corrected chi connectivity index (χ3v) is 5.36. The van der Waals surface area contributed by atoms with Gasteiger partial charge in [-0.1, -0.05) is 12.1 Å². The number of aromatic nitrogens is 2. The van der Waals surface area contributed by atoms with Crippen LogP contribution in [0.2, 0.25) is 0 Å². The number of hydrogen-bond acceptors (Lipinski definition) is 5. The van der Waals surface area contributed by atoms with Gasteiger partial charge < -0.3 is 19.1 Å². The predicted octanol–water partition coefficient (Wildman–Crippen LogP) is 2.47. The van der Waals surface area contributed by atoms with Crippen LogP contribution in [0.3, 0.4) is 0 Å². The summed E-state index contributed by atoms with van der Waals surface area (Å²) in [5, 5.41) is 4.49. The number of nitrogens with zero attached hydrogens (tertiary/aromatic N) is 3. The second-order valence-electron chi connectivity index (χ2n) is 7.12. The molecule has 0 N–H and O–H groups in total. The molecule has 1 fully saturated rings. The van der Waals surface area contributed by atoms with Gasteiger partial charge in [-0.3, -0.25) is 9.48 Å². The van der Waals surface area contributed by atoms with Gasteiger partial charge in [0.25, 0.3) is 5.91 Å². The van der Waals surface area contributed by atoms with Crippen molar-refractivity contribution in [2.45, 2.75) is 45.9 Å². The topological polar surface area (TPSA) is 65.8 Å². The normalized spacial score (nSPS) is 18.1. The smallest absolute Gasteiger partial charge is 0.252 e. The number of ether oxygens (including phenoxy) is 3. The van der Waals surface area contributed by atoms with E-state index < -0.39 is 0 Å². The van der Waals surface area contributed by atoms with E-state index in [-0.39, 0.29) is 18.8 Å². The van der Waals surface area contributed by atoms with Crippen LogP contribution in [0.1, 0.15) is 35.4 Å². The molecule has 7 nitrogen and oxygen atoms in total. The van der Waals surface area contributed by atoms with Crippen LogP contribution in [0.5, 0.6) is 11.5 Å². The lowest BCUT2D eigenvalue weighted by molar-refractivity contribution is -0.142. The molecule has 2 aromatic rings. The highest BCUT2D eigenvalue weighted by Crippen LogP contribution is 2.36. The minimum absolute atomic E-state index is 0.0201. The Kier molecular flexibility index (Phi) is 4.78. The lowest BCUT2D eigenvalue weighted by atomic mass is 10.1. The molecule has 4 rings (SSSR count). The van der Waals surface area contributed by atoms with Crippen molar-refractivity contribution in [3.05, 3.63) is 40.7 Å². The Bertz CT molecular complexity index is 855. The van der Waals surface area contributed by atoms with E-state index in [2.05, 4.69) is 5.10 Å². The number of rotatable bonds is 5. The average Bonchev–Trinajstić information content (AvgIpc) is 3.39. The van der Waals surface area contributed by atoms with Gasteiger partial charge in [-0.2, -0.15) is 5.10 Å². The number of benzene rings is 1. The first kappa shape index (κ1) is 17.9. The summed E-state index contributed by atoms with van der Waals surface area (Å²) in [6.07, 6.45) is 1.33. The van der Waals surface area contributed by atoms with Gasteiger partial charge in [-0.15, -0.1) is 0 Å². The summed E-state index contributed by atoms with van der Waals surface area (Å²) in [5.74, 6) is 1.47. The largest absolute Gasteiger partial charge is 0.454 e. The van der Waals surface area contributed by atoms with Gasteiger partial charge in [-0.05, 0) is 32.8 Å². The molecule has 0 bridgehead atoms. The molecule has 1 saturated heterocycles. The highest BCUT2D eigenvalue weighted by Gasteiger charge is 2.30. The Morgan fingerprint density at radius 2 is 2.15 bits per heavy atom. The summed E-state index contributed by atoms with van der Waals surface area (Å²) >= 11 is 0. The molecule has 27 heavy (non-hydrogen) atoms. The van der Waals surface area contributed by atoms with Gasteiger partial charge in [0.05, 0.1) is 5.69 Å². The number of carbonyl (C=O) groups excluding carboxylic acids is 1. The summed E-state index contributed by atoms with van der Waals surface area (Å²) < 4.78 is 18.6. The highest BCUT2D eigenvalue weighted by molar-refractivity contribution is 5.81. The molecule has 144 valence electrons. The Hall–Kier alpha value is -2.54. The molecule has 0 spiro atoms. The Labute approximate surface area is 158 Å². The van der Waals surface area contributed by atoms with E-state index in [9.17, 15) is 4.79 Å². The van der Waals surface area contributed by atoms with Gasteiger partial charge in [0.1, 0.15) is 6.10 Å². The van der Waals surface area contributed by atoms with Crippen molar-refractivity contribution < 1.29 is 19.0 Å². The maximum atomic E-state index is 13.2. The molecule has 7 heteroatoms. The minimum atomic E-state index is -0.365. The maximum absolute atomic E-state index is 13.2. The lowest BCUT2D eigenvalue weighted by Crippen LogP contribution is -2.38. The molecule has 2 aliphatic rings. The zero-order chi connectivity index (χ0) is 19.0. The van der Waals surface area contributed by atoms with Crippen LogP contribution in [0.4, 0.5) is 0 Å². The average molecular weight is 371 g/mol. The van der Waals surface area contributed by atoms with Crippen molar-refractivity contribution in [1.29, 1.82) is 0 Å². The zero-order valence-electron chi connectivity index (χ0n) is 16.0. The summed E-state index contributed by atoms with van der Waals surface area (Å²) in [4.78, 5) is 15.0. The van der Waals surface area contributed by atoms with E-state index in [4.69, 9.17) is 14.2 Å². The summed E-state index contributed by atoms with van der Waals surface area (Å²) in [5.41, 5.74) is 4.03. The standard InChI is InChI=1S/C20H25N3O4/c1-13-16(14(2)22(3)21-13)11-23(20(24)18-8-5-9-25-18)10-15-6-4-7-17-19(15)27-12-26-17/h4,6-7,18H,5,8-12H2,1-3H3. The minimum Gasteiger partial charge on any atom is -0.454 e. The molecule has 1 atom stereocenters. The van der Waals surface area contributed by atoms with Gasteiger partial charge >= 0.3 is 0 Å². The van der Waals surface area contributed by atoms with Gasteiger partial charge in [0.2, 0.25) is 6.79 Å². The first-order chi connectivity index (χ1) is 13.0. The molecule has 1 aromatic carbocycles. The fraction of sp³-hybridized carbons (Fsp3) is 0.500. The van der Waals surface area contributed by atoms with Crippen LogP contribution in [-0.2, 0) is 29.7 Å². The van der Waals surface area contributed by atoms with Crippen molar-refractivity contribution in [3.8, 4) is 11.5 Å². The number of aryl methyl sites for hydroxylation is 2. The van der Waals surface area contributed by atoms with E-state index in [0.717, 1.165) is 46.9 Å².